The smallest absolute Gasteiger partial charge is 0.339 e. The fourth-order valence-corrected chi connectivity index (χ4v) is 4.63. The number of hydrogen-bond donors (Lipinski definition) is 2. The summed E-state index contributed by atoms with van der Waals surface area (Å²) in [5.74, 6) is -1.55. The predicted molar refractivity (Wildman–Crippen MR) is 114 cm³/mol. The number of hydrogen-bond acceptors (Lipinski definition) is 5. The molecule has 1 amide bonds. The molecule has 0 fully saturated rings. The lowest BCUT2D eigenvalue weighted by molar-refractivity contribution is 0.0699. The highest BCUT2D eigenvalue weighted by molar-refractivity contribution is 7.16. The van der Waals surface area contributed by atoms with Crippen molar-refractivity contribution in [3.8, 4) is 11.1 Å². The Morgan fingerprint density at radius 2 is 1.86 bits per heavy atom. The number of benzene rings is 2. The van der Waals surface area contributed by atoms with Crippen LogP contribution in [0.2, 0.25) is 10.0 Å². The summed E-state index contributed by atoms with van der Waals surface area (Å²) in [6.45, 7) is 0. The maximum atomic E-state index is 12.6. The molecule has 0 aliphatic rings. The lowest BCUT2D eigenvalue weighted by Crippen LogP contribution is -2.13. The zero-order valence-corrected chi connectivity index (χ0v) is 17.0. The molecule has 5 nitrogen and oxygen atoms in total. The molecule has 0 unspecified atom stereocenters. The Morgan fingerprint density at radius 1 is 1.04 bits per heavy atom. The molecular formula is C19H10Cl2N2O3S2. The summed E-state index contributed by atoms with van der Waals surface area (Å²) in [7, 11) is 0. The first kappa shape index (κ1) is 18.9. The van der Waals surface area contributed by atoms with Gasteiger partial charge in [-0.25, -0.2) is 9.78 Å². The number of carboxylic acid groups (broad SMARTS) is 1. The fourth-order valence-electron chi connectivity index (χ4n) is 2.71. The first-order valence-electron chi connectivity index (χ1n) is 7.89. The molecule has 4 rings (SSSR count). The molecule has 0 aliphatic heterocycles. The third-order valence-electron chi connectivity index (χ3n) is 4.06. The lowest BCUT2D eigenvalue weighted by Gasteiger charge is -2.07. The third-order valence-corrected chi connectivity index (χ3v) is 6.50. The van der Waals surface area contributed by atoms with Gasteiger partial charge in [0.1, 0.15) is 10.6 Å². The van der Waals surface area contributed by atoms with E-state index in [0.717, 1.165) is 21.6 Å². The van der Waals surface area contributed by atoms with Gasteiger partial charge in [-0.1, -0.05) is 29.3 Å². The molecule has 9 heteroatoms. The molecule has 0 bridgehead atoms. The van der Waals surface area contributed by atoms with Crippen molar-refractivity contribution in [1.29, 1.82) is 0 Å². The average Bonchev–Trinajstić information content (AvgIpc) is 3.30. The Morgan fingerprint density at radius 3 is 2.61 bits per heavy atom. The Labute approximate surface area is 177 Å². The van der Waals surface area contributed by atoms with E-state index >= 15 is 0 Å². The van der Waals surface area contributed by atoms with Gasteiger partial charge in [0.05, 0.1) is 25.8 Å². The van der Waals surface area contributed by atoms with E-state index < -0.39 is 11.9 Å². The van der Waals surface area contributed by atoms with Crippen molar-refractivity contribution in [1.82, 2.24) is 4.98 Å². The molecule has 0 aliphatic carbocycles. The van der Waals surface area contributed by atoms with Crippen LogP contribution >= 0.6 is 45.9 Å². The molecule has 0 radical (unpaired) electrons. The second-order valence-electron chi connectivity index (χ2n) is 5.78. The van der Waals surface area contributed by atoms with Crippen LogP contribution in [0.5, 0.6) is 0 Å². The van der Waals surface area contributed by atoms with Gasteiger partial charge < -0.3 is 10.4 Å². The molecule has 4 aromatic rings. The Hall–Kier alpha value is -2.45. The molecule has 2 aromatic carbocycles. The van der Waals surface area contributed by atoms with Crippen LogP contribution < -0.4 is 5.32 Å². The minimum Gasteiger partial charge on any atom is -0.478 e. The van der Waals surface area contributed by atoms with E-state index in [9.17, 15) is 14.7 Å². The number of carboxylic acids is 1. The normalized spacial score (nSPS) is 10.9. The summed E-state index contributed by atoms with van der Waals surface area (Å²) in [6, 6.07) is 10.1. The Bertz CT molecular complexity index is 1230. The quantitative estimate of drug-likeness (QED) is 0.384. The molecule has 2 N–H and O–H groups in total. The van der Waals surface area contributed by atoms with Gasteiger partial charge in [-0.15, -0.1) is 22.7 Å². The summed E-state index contributed by atoms with van der Waals surface area (Å²) in [5, 5.41) is 15.0. The van der Waals surface area contributed by atoms with Crippen LogP contribution in [0, 0.1) is 0 Å². The van der Waals surface area contributed by atoms with Crippen molar-refractivity contribution in [2.45, 2.75) is 0 Å². The number of fused-ring (bicyclic) bond motifs is 1. The number of thiophene rings is 1. The largest absolute Gasteiger partial charge is 0.478 e. The van der Waals surface area contributed by atoms with Crippen molar-refractivity contribution < 1.29 is 14.7 Å². The lowest BCUT2D eigenvalue weighted by atomic mass is 10.0. The number of carbonyl (C=O) groups excluding carboxylic acids is 1. The number of nitrogens with one attached hydrogen (secondary N) is 1. The number of aromatic nitrogens is 1. The maximum Gasteiger partial charge on any atom is 0.339 e. The van der Waals surface area contributed by atoms with Gasteiger partial charge in [0.15, 0.2) is 0 Å². The summed E-state index contributed by atoms with van der Waals surface area (Å²) in [6.07, 6.45) is 0. The minimum absolute atomic E-state index is 0.00600. The van der Waals surface area contributed by atoms with E-state index in [4.69, 9.17) is 23.2 Å². The van der Waals surface area contributed by atoms with Crippen LogP contribution in [-0.4, -0.2) is 22.0 Å². The molecule has 0 atom stereocenters. The molecular weight excluding hydrogens is 439 g/mol. The molecule has 140 valence electrons. The number of carbonyl (C=O) groups is 2. The average molecular weight is 449 g/mol. The first-order chi connectivity index (χ1) is 13.4. The fraction of sp³-hybridized carbons (Fsp3) is 0. The van der Waals surface area contributed by atoms with Gasteiger partial charge in [0.2, 0.25) is 0 Å². The number of aromatic carboxylic acids is 1. The van der Waals surface area contributed by atoms with Crippen LogP contribution in [0.15, 0.2) is 47.3 Å². The van der Waals surface area contributed by atoms with E-state index in [0.29, 0.717) is 26.7 Å². The van der Waals surface area contributed by atoms with Crippen LogP contribution in [0.1, 0.15) is 20.7 Å². The zero-order chi connectivity index (χ0) is 19.8. The highest BCUT2D eigenvalue weighted by atomic mass is 35.5. The van der Waals surface area contributed by atoms with Crippen molar-refractivity contribution in [3.05, 3.63) is 68.5 Å². The summed E-state index contributed by atoms with van der Waals surface area (Å²) >= 11 is 14.6. The van der Waals surface area contributed by atoms with E-state index in [1.165, 1.54) is 11.3 Å². The highest BCUT2D eigenvalue weighted by Crippen LogP contribution is 2.38. The number of nitrogens with zero attached hydrogens (tertiary/aromatic N) is 1. The number of amides is 1. The third kappa shape index (κ3) is 3.49. The number of halogens is 2. The molecule has 0 spiro atoms. The Kier molecular flexibility index (Phi) is 5.07. The van der Waals surface area contributed by atoms with E-state index in [2.05, 4.69) is 10.3 Å². The maximum absolute atomic E-state index is 12.6. The first-order valence-corrected chi connectivity index (χ1v) is 10.4. The topological polar surface area (TPSA) is 79.3 Å². The monoisotopic (exact) mass is 448 g/mol. The van der Waals surface area contributed by atoms with E-state index in [-0.39, 0.29) is 10.6 Å². The van der Waals surface area contributed by atoms with Gasteiger partial charge in [0, 0.05) is 16.5 Å². The zero-order valence-electron chi connectivity index (χ0n) is 13.9. The van der Waals surface area contributed by atoms with Gasteiger partial charge in [-0.3, -0.25) is 4.79 Å². The predicted octanol–water partition coefficient (Wildman–Crippen LogP) is 6.28. The van der Waals surface area contributed by atoms with E-state index in [1.807, 2.05) is 6.07 Å². The number of thiazole rings is 1. The van der Waals surface area contributed by atoms with Crippen molar-refractivity contribution >= 4 is 73.0 Å². The van der Waals surface area contributed by atoms with Crippen molar-refractivity contribution in [2.75, 3.05) is 5.32 Å². The minimum atomic E-state index is -1.15. The van der Waals surface area contributed by atoms with Crippen LogP contribution in [0.4, 0.5) is 5.00 Å². The molecule has 0 saturated carbocycles. The summed E-state index contributed by atoms with van der Waals surface area (Å²) in [4.78, 5) is 28.7. The standard InChI is InChI=1S/C19H10Cl2N2O3S2/c20-12-3-1-9(5-13(12)21)11-7-27-18(16(11)19(25)26)23-17(24)10-2-4-15-14(6-10)22-8-28-15/h1-8H,(H,23,24)(H,25,26). The van der Waals surface area contributed by atoms with E-state index in [1.54, 1.807) is 41.2 Å². The molecule has 0 saturated heterocycles. The molecule has 2 heterocycles. The second-order valence-corrected chi connectivity index (χ2v) is 8.36. The van der Waals surface area contributed by atoms with Gasteiger partial charge in [0.25, 0.3) is 5.91 Å². The molecule has 28 heavy (non-hydrogen) atoms. The summed E-state index contributed by atoms with van der Waals surface area (Å²) in [5.41, 5.74) is 3.90. The van der Waals surface area contributed by atoms with Crippen LogP contribution in [-0.2, 0) is 0 Å². The van der Waals surface area contributed by atoms with Crippen molar-refractivity contribution in [3.63, 3.8) is 0 Å². The number of rotatable bonds is 4. The molecule has 2 aromatic heterocycles. The van der Waals surface area contributed by atoms with Crippen molar-refractivity contribution in [2.24, 2.45) is 0 Å². The second kappa shape index (κ2) is 7.52. The SMILES string of the molecule is O=C(Nc1scc(-c2ccc(Cl)c(Cl)c2)c1C(=O)O)c1ccc2scnc2c1. The van der Waals surface area contributed by atoms with Gasteiger partial charge in [-0.05, 0) is 35.9 Å². The van der Waals surface area contributed by atoms with Crippen LogP contribution in [0.3, 0.4) is 0 Å². The van der Waals surface area contributed by atoms with Crippen LogP contribution in [0.25, 0.3) is 21.3 Å². The van der Waals surface area contributed by atoms with Gasteiger partial charge in [-0.2, -0.15) is 0 Å². The Balaban J connectivity index is 1.69. The summed E-state index contributed by atoms with van der Waals surface area (Å²) < 4.78 is 0.973. The number of anilines is 1. The van der Waals surface area contributed by atoms with Gasteiger partial charge >= 0.3 is 5.97 Å². The highest BCUT2D eigenvalue weighted by Gasteiger charge is 2.22.